The van der Waals surface area contributed by atoms with Crippen molar-refractivity contribution < 1.29 is 9.47 Å². The van der Waals surface area contributed by atoms with Crippen LogP contribution in [0.1, 0.15) is 12.6 Å². The normalized spacial score (nSPS) is 10.2. The van der Waals surface area contributed by atoms with E-state index in [1.54, 1.807) is 12.4 Å². The molecule has 0 aliphatic heterocycles. The summed E-state index contributed by atoms with van der Waals surface area (Å²) in [5, 5.41) is 3.09. The van der Waals surface area contributed by atoms with Crippen LogP contribution < -0.4 is 10.1 Å². The van der Waals surface area contributed by atoms with Crippen molar-refractivity contribution in [3.63, 3.8) is 0 Å². The van der Waals surface area contributed by atoms with Gasteiger partial charge in [0.15, 0.2) is 0 Å². The zero-order valence-electron chi connectivity index (χ0n) is 11.6. The van der Waals surface area contributed by atoms with E-state index < -0.39 is 0 Å². The Kier molecular flexibility index (Phi) is 5.79. The molecule has 0 aliphatic rings. The van der Waals surface area contributed by atoms with Crippen molar-refractivity contribution in [2.24, 2.45) is 0 Å². The zero-order valence-corrected chi connectivity index (χ0v) is 11.6. The van der Waals surface area contributed by atoms with E-state index in [0.29, 0.717) is 19.8 Å². The Hall–Kier alpha value is -2.14. The summed E-state index contributed by atoms with van der Waals surface area (Å²) in [4.78, 5) is 8.49. The summed E-state index contributed by atoms with van der Waals surface area (Å²) in [6.45, 7) is 4.34. The molecule has 0 aliphatic carbocycles. The Morgan fingerprint density at radius 3 is 2.60 bits per heavy atom. The van der Waals surface area contributed by atoms with Crippen LogP contribution in [0, 0.1) is 0 Å². The van der Waals surface area contributed by atoms with Crippen molar-refractivity contribution >= 4 is 5.82 Å². The standard InChI is InChI=1S/C15H19N3O2/c1-2-16-15-11-17-13(10-18-15)12-19-8-9-20-14-6-4-3-5-7-14/h3-7,10-11H,2,8-9,12H2,1H3,(H,16,18). The van der Waals surface area contributed by atoms with Gasteiger partial charge >= 0.3 is 0 Å². The molecule has 0 bridgehead atoms. The quantitative estimate of drug-likeness (QED) is 0.749. The zero-order chi connectivity index (χ0) is 14.0. The van der Waals surface area contributed by atoms with Crippen LogP contribution in [0.15, 0.2) is 42.7 Å². The molecule has 106 valence electrons. The van der Waals surface area contributed by atoms with Gasteiger partial charge in [-0.25, -0.2) is 4.98 Å². The number of hydrogen-bond acceptors (Lipinski definition) is 5. The van der Waals surface area contributed by atoms with Crippen molar-refractivity contribution in [1.82, 2.24) is 9.97 Å². The largest absolute Gasteiger partial charge is 0.491 e. The Balaban J connectivity index is 1.63. The third-order valence-corrected chi connectivity index (χ3v) is 2.55. The van der Waals surface area contributed by atoms with Crippen LogP contribution in [-0.2, 0) is 11.3 Å². The van der Waals surface area contributed by atoms with E-state index in [0.717, 1.165) is 23.8 Å². The third kappa shape index (κ3) is 4.85. The van der Waals surface area contributed by atoms with Gasteiger partial charge in [-0.15, -0.1) is 0 Å². The number of nitrogens with zero attached hydrogens (tertiary/aromatic N) is 2. The van der Waals surface area contributed by atoms with Gasteiger partial charge in [-0.1, -0.05) is 18.2 Å². The van der Waals surface area contributed by atoms with Gasteiger partial charge in [0.1, 0.15) is 18.2 Å². The average molecular weight is 273 g/mol. The van der Waals surface area contributed by atoms with E-state index in [4.69, 9.17) is 9.47 Å². The molecule has 1 N–H and O–H groups in total. The first-order valence-corrected chi connectivity index (χ1v) is 6.69. The van der Waals surface area contributed by atoms with E-state index in [9.17, 15) is 0 Å². The van der Waals surface area contributed by atoms with Crippen LogP contribution in [0.4, 0.5) is 5.82 Å². The van der Waals surface area contributed by atoms with Crippen LogP contribution in [0.2, 0.25) is 0 Å². The molecule has 5 heteroatoms. The highest BCUT2D eigenvalue weighted by Gasteiger charge is 1.98. The van der Waals surface area contributed by atoms with Crippen LogP contribution >= 0.6 is 0 Å². The fourth-order valence-electron chi connectivity index (χ4n) is 1.61. The molecule has 2 rings (SSSR count). The molecule has 0 radical (unpaired) electrons. The molecule has 0 amide bonds. The summed E-state index contributed by atoms with van der Waals surface area (Å²) < 4.78 is 11.0. The second-order valence-electron chi connectivity index (χ2n) is 4.14. The number of aromatic nitrogens is 2. The highest BCUT2D eigenvalue weighted by Crippen LogP contribution is 2.08. The van der Waals surface area contributed by atoms with Crippen molar-refractivity contribution in [3.8, 4) is 5.75 Å². The molecule has 5 nitrogen and oxygen atoms in total. The molecule has 1 aromatic heterocycles. The summed E-state index contributed by atoms with van der Waals surface area (Å²) in [6, 6.07) is 9.68. The van der Waals surface area contributed by atoms with Gasteiger partial charge in [-0.2, -0.15) is 0 Å². The van der Waals surface area contributed by atoms with E-state index in [-0.39, 0.29) is 0 Å². The fourth-order valence-corrected chi connectivity index (χ4v) is 1.61. The Labute approximate surface area is 119 Å². The number of anilines is 1. The van der Waals surface area contributed by atoms with Gasteiger partial charge in [0.05, 0.1) is 31.3 Å². The Morgan fingerprint density at radius 1 is 1.05 bits per heavy atom. The molecular weight excluding hydrogens is 254 g/mol. The van der Waals surface area contributed by atoms with Crippen molar-refractivity contribution in [2.45, 2.75) is 13.5 Å². The maximum atomic E-state index is 5.52. The first-order chi connectivity index (χ1) is 9.88. The summed E-state index contributed by atoms with van der Waals surface area (Å²) in [6.07, 6.45) is 3.43. The molecule has 0 fully saturated rings. The van der Waals surface area contributed by atoms with Gasteiger partial charge in [-0.05, 0) is 19.1 Å². The molecular formula is C15H19N3O2. The second-order valence-corrected chi connectivity index (χ2v) is 4.14. The van der Waals surface area contributed by atoms with Crippen molar-refractivity contribution in [3.05, 3.63) is 48.4 Å². The molecule has 0 saturated heterocycles. The fraction of sp³-hybridized carbons (Fsp3) is 0.333. The highest BCUT2D eigenvalue weighted by molar-refractivity contribution is 5.30. The minimum atomic E-state index is 0.442. The topological polar surface area (TPSA) is 56.3 Å². The van der Waals surface area contributed by atoms with Crippen LogP contribution in [0.25, 0.3) is 0 Å². The molecule has 1 heterocycles. The van der Waals surface area contributed by atoms with Crippen molar-refractivity contribution in [2.75, 3.05) is 25.1 Å². The maximum Gasteiger partial charge on any atom is 0.144 e. The summed E-state index contributed by atoms with van der Waals surface area (Å²) in [5.74, 6) is 1.63. The number of nitrogens with one attached hydrogen (secondary N) is 1. The molecule has 0 atom stereocenters. The molecule has 0 spiro atoms. The molecule has 1 aromatic carbocycles. The lowest BCUT2D eigenvalue weighted by atomic mass is 10.3. The monoisotopic (exact) mass is 273 g/mol. The second kappa shape index (κ2) is 8.12. The predicted octanol–water partition coefficient (Wildman–Crippen LogP) is 2.50. The SMILES string of the molecule is CCNc1cnc(COCCOc2ccccc2)cn1. The summed E-state index contributed by atoms with van der Waals surface area (Å²) in [7, 11) is 0. The minimum absolute atomic E-state index is 0.442. The Bertz CT molecular complexity index is 488. The van der Waals surface area contributed by atoms with Gasteiger partial charge in [-0.3, -0.25) is 4.98 Å². The Morgan fingerprint density at radius 2 is 1.90 bits per heavy atom. The molecule has 2 aromatic rings. The van der Waals surface area contributed by atoms with Crippen LogP contribution in [0.5, 0.6) is 5.75 Å². The summed E-state index contributed by atoms with van der Waals surface area (Å²) >= 11 is 0. The van der Waals surface area contributed by atoms with E-state index in [1.807, 2.05) is 37.3 Å². The van der Waals surface area contributed by atoms with Gasteiger partial charge in [0, 0.05) is 6.54 Å². The van der Waals surface area contributed by atoms with Gasteiger partial charge < -0.3 is 14.8 Å². The lowest BCUT2D eigenvalue weighted by Gasteiger charge is -2.07. The first kappa shape index (κ1) is 14.3. The number of hydrogen-bond donors (Lipinski definition) is 1. The highest BCUT2D eigenvalue weighted by atomic mass is 16.5. The number of benzene rings is 1. The lowest BCUT2D eigenvalue weighted by molar-refractivity contribution is 0.0868. The number of rotatable bonds is 8. The lowest BCUT2D eigenvalue weighted by Crippen LogP contribution is -2.08. The summed E-state index contributed by atoms with van der Waals surface area (Å²) in [5.41, 5.74) is 0.811. The predicted molar refractivity (Wildman–Crippen MR) is 77.8 cm³/mol. The van der Waals surface area contributed by atoms with Crippen LogP contribution in [-0.4, -0.2) is 29.7 Å². The van der Waals surface area contributed by atoms with E-state index in [2.05, 4.69) is 15.3 Å². The van der Waals surface area contributed by atoms with Crippen molar-refractivity contribution in [1.29, 1.82) is 0 Å². The molecule has 0 unspecified atom stereocenters. The first-order valence-electron chi connectivity index (χ1n) is 6.69. The van der Waals surface area contributed by atoms with Gasteiger partial charge in [0.2, 0.25) is 0 Å². The average Bonchev–Trinajstić information content (AvgIpc) is 2.50. The molecule has 20 heavy (non-hydrogen) atoms. The number of para-hydroxylation sites is 1. The van der Waals surface area contributed by atoms with E-state index >= 15 is 0 Å². The van der Waals surface area contributed by atoms with Gasteiger partial charge in [0.25, 0.3) is 0 Å². The maximum absolute atomic E-state index is 5.52. The minimum Gasteiger partial charge on any atom is -0.491 e. The van der Waals surface area contributed by atoms with Crippen LogP contribution in [0.3, 0.4) is 0 Å². The third-order valence-electron chi connectivity index (χ3n) is 2.55. The number of ether oxygens (including phenoxy) is 2. The smallest absolute Gasteiger partial charge is 0.144 e. The molecule has 0 saturated carbocycles. The van der Waals surface area contributed by atoms with E-state index in [1.165, 1.54) is 0 Å².